The molecule has 21 heavy (non-hydrogen) atoms. The summed E-state index contributed by atoms with van der Waals surface area (Å²) in [5.74, 6) is 2.18. The predicted molar refractivity (Wildman–Crippen MR) is 86.3 cm³/mol. The van der Waals surface area contributed by atoms with Gasteiger partial charge in [-0.15, -0.1) is 0 Å². The van der Waals surface area contributed by atoms with Gasteiger partial charge in [-0.3, -0.25) is 0 Å². The molecule has 5 nitrogen and oxygen atoms in total. The SMILES string of the molecule is CCOc1ccc(S(=O)(=O)NC(C)CSCC)cc1CO. The van der Waals surface area contributed by atoms with Crippen LogP contribution in [0, 0.1) is 0 Å². The van der Waals surface area contributed by atoms with Gasteiger partial charge in [0.05, 0.1) is 18.1 Å². The number of rotatable bonds is 9. The summed E-state index contributed by atoms with van der Waals surface area (Å²) < 4.78 is 32.6. The van der Waals surface area contributed by atoms with E-state index in [2.05, 4.69) is 4.72 Å². The fourth-order valence-corrected chi connectivity index (χ4v) is 3.88. The van der Waals surface area contributed by atoms with E-state index in [-0.39, 0.29) is 17.5 Å². The molecule has 1 rings (SSSR count). The first-order valence-electron chi connectivity index (χ1n) is 6.91. The third-order valence-electron chi connectivity index (χ3n) is 2.74. The minimum Gasteiger partial charge on any atom is -0.494 e. The van der Waals surface area contributed by atoms with E-state index in [1.807, 2.05) is 20.8 Å². The summed E-state index contributed by atoms with van der Waals surface area (Å²) in [5.41, 5.74) is 0.468. The zero-order chi connectivity index (χ0) is 15.9. The van der Waals surface area contributed by atoms with Crippen LogP contribution in [-0.4, -0.2) is 37.7 Å². The highest BCUT2D eigenvalue weighted by Crippen LogP contribution is 2.23. The Balaban J connectivity index is 2.92. The lowest BCUT2D eigenvalue weighted by Gasteiger charge is -2.15. The Bertz CT molecular complexity index is 546. The maximum absolute atomic E-state index is 12.3. The van der Waals surface area contributed by atoms with Crippen LogP contribution in [0.25, 0.3) is 0 Å². The van der Waals surface area contributed by atoms with Crippen LogP contribution in [0.2, 0.25) is 0 Å². The van der Waals surface area contributed by atoms with E-state index in [0.29, 0.717) is 17.9 Å². The molecule has 0 radical (unpaired) electrons. The van der Waals surface area contributed by atoms with Gasteiger partial charge in [0.1, 0.15) is 5.75 Å². The Morgan fingerprint density at radius 3 is 2.67 bits per heavy atom. The molecule has 120 valence electrons. The van der Waals surface area contributed by atoms with Crippen molar-refractivity contribution in [1.82, 2.24) is 4.72 Å². The molecule has 1 aromatic rings. The third-order valence-corrected chi connectivity index (χ3v) is 5.47. The lowest BCUT2D eigenvalue weighted by molar-refractivity contribution is 0.266. The molecule has 0 fully saturated rings. The van der Waals surface area contributed by atoms with E-state index >= 15 is 0 Å². The molecular formula is C14H23NO4S2. The van der Waals surface area contributed by atoms with Crippen molar-refractivity contribution >= 4 is 21.8 Å². The highest BCUT2D eigenvalue weighted by atomic mass is 32.2. The van der Waals surface area contributed by atoms with E-state index in [1.54, 1.807) is 17.8 Å². The first-order chi connectivity index (χ1) is 9.94. The number of ether oxygens (including phenoxy) is 1. The molecule has 1 unspecified atom stereocenters. The van der Waals surface area contributed by atoms with Gasteiger partial charge in [-0.1, -0.05) is 6.92 Å². The monoisotopic (exact) mass is 333 g/mol. The summed E-state index contributed by atoms with van der Waals surface area (Å²) >= 11 is 1.68. The summed E-state index contributed by atoms with van der Waals surface area (Å²) in [6, 6.07) is 4.37. The van der Waals surface area contributed by atoms with Crippen LogP contribution in [0.5, 0.6) is 5.75 Å². The largest absolute Gasteiger partial charge is 0.494 e. The van der Waals surface area contributed by atoms with Crippen molar-refractivity contribution in [2.24, 2.45) is 0 Å². The van der Waals surface area contributed by atoms with Crippen molar-refractivity contribution in [1.29, 1.82) is 0 Å². The Morgan fingerprint density at radius 2 is 2.10 bits per heavy atom. The van der Waals surface area contributed by atoms with E-state index in [9.17, 15) is 13.5 Å². The molecule has 0 aliphatic rings. The summed E-state index contributed by atoms with van der Waals surface area (Å²) in [7, 11) is -3.58. The third kappa shape index (κ3) is 5.50. The summed E-state index contributed by atoms with van der Waals surface area (Å²) in [6.45, 7) is 5.90. The fourth-order valence-electron chi connectivity index (χ4n) is 1.80. The average Bonchev–Trinajstić information content (AvgIpc) is 2.45. The maximum atomic E-state index is 12.3. The van der Waals surface area contributed by atoms with Crippen molar-refractivity contribution in [3.63, 3.8) is 0 Å². The molecule has 0 spiro atoms. The summed E-state index contributed by atoms with van der Waals surface area (Å²) in [5, 5.41) is 9.33. The van der Waals surface area contributed by atoms with Crippen LogP contribution in [-0.2, 0) is 16.6 Å². The van der Waals surface area contributed by atoms with Crippen LogP contribution in [0.1, 0.15) is 26.3 Å². The van der Waals surface area contributed by atoms with Gasteiger partial charge >= 0.3 is 0 Å². The second-order valence-corrected chi connectivity index (χ2v) is 7.58. The number of hydrogen-bond acceptors (Lipinski definition) is 5. The zero-order valence-electron chi connectivity index (χ0n) is 12.6. The first-order valence-corrected chi connectivity index (χ1v) is 9.55. The van der Waals surface area contributed by atoms with Gasteiger partial charge in [-0.2, -0.15) is 11.8 Å². The van der Waals surface area contributed by atoms with Crippen molar-refractivity contribution in [2.75, 3.05) is 18.1 Å². The smallest absolute Gasteiger partial charge is 0.240 e. The van der Waals surface area contributed by atoms with Crippen molar-refractivity contribution in [3.05, 3.63) is 23.8 Å². The molecule has 0 aromatic heterocycles. The van der Waals surface area contributed by atoms with E-state index < -0.39 is 10.0 Å². The van der Waals surface area contributed by atoms with Gasteiger partial charge in [0, 0.05) is 17.4 Å². The molecule has 0 heterocycles. The molecule has 0 bridgehead atoms. The molecule has 0 saturated carbocycles. The van der Waals surface area contributed by atoms with Gasteiger partial charge in [0.15, 0.2) is 0 Å². The van der Waals surface area contributed by atoms with Gasteiger partial charge in [-0.05, 0) is 37.8 Å². The Hall–Kier alpha value is -0.760. The van der Waals surface area contributed by atoms with Crippen molar-refractivity contribution in [3.8, 4) is 5.75 Å². The van der Waals surface area contributed by atoms with Gasteiger partial charge < -0.3 is 9.84 Å². The molecule has 0 saturated heterocycles. The van der Waals surface area contributed by atoms with Crippen LogP contribution < -0.4 is 9.46 Å². The molecule has 1 atom stereocenters. The van der Waals surface area contributed by atoms with Gasteiger partial charge in [-0.25, -0.2) is 13.1 Å². The second-order valence-electron chi connectivity index (χ2n) is 4.54. The van der Waals surface area contributed by atoms with Crippen LogP contribution in [0.4, 0.5) is 0 Å². The number of hydrogen-bond donors (Lipinski definition) is 2. The van der Waals surface area contributed by atoms with E-state index in [0.717, 1.165) is 11.5 Å². The van der Waals surface area contributed by atoms with Crippen LogP contribution in [0.15, 0.2) is 23.1 Å². The van der Waals surface area contributed by atoms with Crippen LogP contribution >= 0.6 is 11.8 Å². The van der Waals surface area contributed by atoms with Crippen molar-refractivity contribution < 1.29 is 18.3 Å². The summed E-state index contributed by atoms with van der Waals surface area (Å²) in [6.07, 6.45) is 0. The summed E-state index contributed by atoms with van der Waals surface area (Å²) in [4.78, 5) is 0.142. The first kappa shape index (κ1) is 18.3. The quantitative estimate of drug-likeness (QED) is 0.723. The van der Waals surface area contributed by atoms with Crippen LogP contribution in [0.3, 0.4) is 0 Å². The molecule has 0 aliphatic carbocycles. The minimum absolute atomic E-state index is 0.142. The standard InChI is InChI=1S/C14H23NO4S2/c1-4-19-14-7-6-13(8-12(14)9-16)21(17,18)15-11(3)10-20-5-2/h6-8,11,15-16H,4-5,9-10H2,1-3H3. The second kappa shape index (κ2) is 8.63. The fraction of sp³-hybridized carbons (Fsp3) is 0.571. The molecule has 0 aliphatic heterocycles. The van der Waals surface area contributed by atoms with E-state index in [4.69, 9.17) is 4.74 Å². The number of nitrogens with one attached hydrogen (secondary N) is 1. The number of aliphatic hydroxyl groups excluding tert-OH is 1. The number of aliphatic hydroxyl groups is 1. The zero-order valence-corrected chi connectivity index (χ0v) is 14.3. The lowest BCUT2D eigenvalue weighted by atomic mass is 10.2. The number of sulfonamides is 1. The number of benzene rings is 1. The molecular weight excluding hydrogens is 310 g/mol. The normalized spacial score (nSPS) is 13.1. The molecule has 1 aromatic carbocycles. The Labute approximate surface area is 131 Å². The maximum Gasteiger partial charge on any atom is 0.240 e. The van der Waals surface area contributed by atoms with E-state index in [1.165, 1.54) is 12.1 Å². The highest BCUT2D eigenvalue weighted by Gasteiger charge is 2.19. The van der Waals surface area contributed by atoms with Gasteiger partial charge in [0.2, 0.25) is 10.0 Å². The number of thioether (sulfide) groups is 1. The Morgan fingerprint density at radius 1 is 1.38 bits per heavy atom. The molecule has 7 heteroatoms. The highest BCUT2D eigenvalue weighted by molar-refractivity contribution is 7.99. The molecule has 2 N–H and O–H groups in total. The van der Waals surface area contributed by atoms with Gasteiger partial charge in [0.25, 0.3) is 0 Å². The lowest BCUT2D eigenvalue weighted by Crippen LogP contribution is -2.34. The molecule has 0 amide bonds. The minimum atomic E-state index is -3.58. The Kier molecular flexibility index (Phi) is 7.51. The average molecular weight is 333 g/mol. The van der Waals surface area contributed by atoms with Crippen molar-refractivity contribution in [2.45, 2.75) is 38.3 Å². The topological polar surface area (TPSA) is 75.6 Å². The predicted octanol–water partition coefficient (Wildman–Crippen LogP) is 2.00.